The predicted molar refractivity (Wildman–Crippen MR) is 153 cm³/mol. The normalized spacial score (nSPS) is 14.4. The molecule has 0 bridgehead atoms. The van der Waals surface area contributed by atoms with E-state index in [1.165, 1.54) is 23.4 Å². The van der Waals surface area contributed by atoms with Gasteiger partial charge in [0.2, 0.25) is 0 Å². The van der Waals surface area contributed by atoms with Crippen LogP contribution in [0.1, 0.15) is 41.6 Å². The summed E-state index contributed by atoms with van der Waals surface area (Å²) in [6, 6.07) is 15.8. The molecule has 0 unspecified atom stereocenters. The lowest BCUT2D eigenvalue weighted by atomic mass is 9.89. The smallest absolute Gasteiger partial charge is 0.325 e. The largest absolute Gasteiger partial charge is 0.342 e. The zero-order chi connectivity index (χ0) is 27.5. The Kier molecular flexibility index (Phi) is 7.60. The van der Waals surface area contributed by atoms with Gasteiger partial charge in [-0.1, -0.05) is 19.1 Å². The molecule has 1 aliphatic rings. The van der Waals surface area contributed by atoms with Crippen LogP contribution in [0.2, 0.25) is 0 Å². The predicted octanol–water partition coefficient (Wildman–Crippen LogP) is 5.58. The van der Waals surface area contributed by atoms with Crippen molar-refractivity contribution in [2.24, 2.45) is 0 Å². The van der Waals surface area contributed by atoms with Crippen LogP contribution in [-0.4, -0.2) is 60.1 Å². The summed E-state index contributed by atoms with van der Waals surface area (Å²) in [6.45, 7) is 5.51. The first-order valence-electron chi connectivity index (χ1n) is 13.2. The van der Waals surface area contributed by atoms with Crippen molar-refractivity contribution in [1.82, 2.24) is 19.8 Å². The van der Waals surface area contributed by atoms with Gasteiger partial charge in [-0.2, -0.15) is 0 Å². The van der Waals surface area contributed by atoms with E-state index in [1.54, 1.807) is 48.5 Å². The quantitative estimate of drug-likeness (QED) is 0.341. The van der Waals surface area contributed by atoms with E-state index in [4.69, 9.17) is 0 Å². The molecule has 2 N–H and O–H groups in total. The minimum Gasteiger partial charge on any atom is -0.342 e. The highest BCUT2D eigenvalue weighted by atomic mass is 19.1. The monoisotopic (exact) mass is 528 g/mol. The lowest BCUT2D eigenvalue weighted by Crippen LogP contribution is -2.32. The Bertz CT molecular complexity index is 1490. The number of hydrogen-bond acceptors (Lipinski definition) is 5. The molecule has 0 spiro atoms. The highest BCUT2D eigenvalue weighted by Gasteiger charge is 2.20. The molecule has 0 atom stereocenters. The third-order valence-electron chi connectivity index (χ3n) is 7.63. The van der Waals surface area contributed by atoms with Gasteiger partial charge in [-0.25, -0.2) is 14.2 Å². The van der Waals surface area contributed by atoms with E-state index < -0.39 is 5.82 Å². The molecule has 4 aromatic rings. The molecule has 0 saturated carbocycles. The van der Waals surface area contributed by atoms with Crippen LogP contribution in [0.5, 0.6) is 0 Å². The van der Waals surface area contributed by atoms with Gasteiger partial charge in [0.1, 0.15) is 5.82 Å². The molecule has 39 heavy (non-hydrogen) atoms. The van der Waals surface area contributed by atoms with Crippen molar-refractivity contribution in [1.29, 1.82) is 0 Å². The van der Waals surface area contributed by atoms with Gasteiger partial charge in [0.05, 0.1) is 11.2 Å². The Hall–Kier alpha value is -4.24. The average Bonchev–Trinajstić information content (AvgIpc) is 3.42. The van der Waals surface area contributed by atoms with E-state index in [-0.39, 0.29) is 11.9 Å². The van der Waals surface area contributed by atoms with E-state index >= 15 is 4.39 Å². The zero-order valence-corrected chi connectivity index (χ0v) is 22.4. The molecule has 9 heteroatoms. The molecule has 3 heterocycles. The zero-order valence-electron chi connectivity index (χ0n) is 22.4. The third kappa shape index (κ3) is 5.35. The number of anilines is 3. The van der Waals surface area contributed by atoms with Crippen molar-refractivity contribution in [3.05, 3.63) is 83.9 Å². The van der Waals surface area contributed by atoms with Gasteiger partial charge in [-0.15, -0.1) is 0 Å². The second-order valence-electron chi connectivity index (χ2n) is 9.82. The van der Waals surface area contributed by atoms with Crippen LogP contribution >= 0.6 is 0 Å². The van der Waals surface area contributed by atoms with Crippen molar-refractivity contribution in [3.63, 3.8) is 0 Å². The van der Waals surface area contributed by atoms with E-state index in [9.17, 15) is 9.59 Å². The highest BCUT2D eigenvalue weighted by molar-refractivity contribution is 6.04. The standard InChI is InChI=1S/C30H33FN6O2/c1-4-36-16-12-21(13-17-36)20-5-7-22(8-6-20)29(38)34-27-19-23(11-15-33-27)35(3)26-10-9-25-24(28(26)31)14-18-37(25)30(39)32-2/h5-11,14-15,18-19,21H,4,12-13,16-17H2,1-3H3,(H,32,39)(H,33,34,38). The first-order chi connectivity index (χ1) is 18.9. The molecular formula is C30H33FN6O2. The highest BCUT2D eigenvalue weighted by Crippen LogP contribution is 2.32. The number of hydrogen-bond donors (Lipinski definition) is 2. The van der Waals surface area contributed by atoms with Crippen molar-refractivity contribution in [2.75, 3.05) is 43.9 Å². The van der Waals surface area contributed by atoms with Gasteiger partial charge in [0, 0.05) is 49.2 Å². The van der Waals surface area contributed by atoms with Crippen LogP contribution in [0.4, 0.5) is 26.4 Å². The molecule has 1 fully saturated rings. The number of halogens is 1. The van der Waals surface area contributed by atoms with Gasteiger partial charge in [0.25, 0.3) is 5.91 Å². The van der Waals surface area contributed by atoms with Crippen LogP contribution in [0.25, 0.3) is 10.9 Å². The number of pyridine rings is 1. The number of aromatic nitrogens is 2. The molecule has 1 aliphatic heterocycles. The summed E-state index contributed by atoms with van der Waals surface area (Å²) in [5.41, 5.74) is 3.29. The molecule has 0 aliphatic carbocycles. The molecule has 202 valence electrons. The fourth-order valence-electron chi connectivity index (χ4n) is 5.24. The summed E-state index contributed by atoms with van der Waals surface area (Å²) in [7, 11) is 3.27. The van der Waals surface area contributed by atoms with E-state index in [0.717, 1.165) is 32.5 Å². The number of likely N-dealkylation sites (tertiary alicyclic amines) is 1. The molecule has 2 amide bonds. The average molecular weight is 529 g/mol. The second kappa shape index (κ2) is 11.2. The number of benzene rings is 2. The Morgan fingerprint density at radius 2 is 1.82 bits per heavy atom. The first-order valence-corrected chi connectivity index (χ1v) is 13.2. The van der Waals surface area contributed by atoms with Crippen LogP contribution in [0, 0.1) is 5.82 Å². The maximum Gasteiger partial charge on any atom is 0.325 e. The second-order valence-corrected chi connectivity index (χ2v) is 9.82. The Morgan fingerprint density at radius 3 is 2.51 bits per heavy atom. The number of fused-ring (bicyclic) bond motifs is 1. The fraction of sp³-hybridized carbons (Fsp3) is 0.300. The van der Waals surface area contributed by atoms with Crippen LogP contribution in [0.3, 0.4) is 0 Å². The van der Waals surface area contributed by atoms with Crippen LogP contribution in [0.15, 0.2) is 67.0 Å². The Labute approximate surface area is 227 Å². The van der Waals surface area contributed by atoms with Gasteiger partial charge >= 0.3 is 6.03 Å². The number of nitrogens with zero attached hydrogens (tertiary/aromatic N) is 4. The van der Waals surface area contributed by atoms with Crippen LogP contribution in [-0.2, 0) is 0 Å². The van der Waals surface area contributed by atoms with Gasteiger partial charge in [0.15, 0.2) is 5.82 Å². The molecule has 8 nitrogen and oxygen atoms in total. The minimum atomic E-state index is -0.444. The van der Waals surface area contributed by atoms with Crippen LogP contribution < -0.4 is 15.5 Å². The molecule has 2 aromatic carbocycles. The SMILES string of the molecule is CCN1CCC(c2ccc(C(=O)Nc3cc(N(C)c4ccc5c(ccn5C(=O)NC)c4F)ccn3)cc2)CC1. The van der Waals surface area contributed by atoms with Gasteiger partial charge in [-0.05, 0) is 80.4 Å². The summed E-state index contributed by atoms with van der Waals surface area (Å²) < 4.78 is 16.8. The van der Waals surface area contributed by atoms with Crippen molar-refractivity contribution in [3.8, 4) is 0 Å². The van der Waals surface area contributed by atoms with E-state index in [0.29, 0.717) is 39.6 Å². The van der Waals surface area contributed by atoms with Crippen molar-refractivity contribution >= 4 is 40.0 Å². The number of carbonyl (C=O) groups is 2. The summed E-state index contributed by atoms with van der Waals surface area (Å²) in [5.74, 6) is 0.201. The summed E-state index contributed by atoms with van der Waals surface area (Å²) in [5, 5.41) is 5.74. The third-order valence-corrected chi connectivity index (χ3v) is 7.63. The van der Waals surface area contributed by atoms with Crippen molar-refractivity contribution in [2.45, 2.75) is 25.7 Å². The number of carbonyl (C=O) groups excluding carboxylic acids is 2. The lowest BCUT2D eigenvalue weighted by molar-refractivity contribution is 0.102. The number of piperidine rings is 1. The summed E-state index contributed by atoms with van der Waals surface area (Å²) in [4.78, 5) is 33.4. The first kappa shape index (κ1) is 26.4. The molecule has 5 rings (SSSR count). The number of amides is 2. The van der Waals surface area contributed by atoms with E-state index in [2.05, 4.69) is 39.6 Å². The maximum atomic E-state index is 15.4. The number of rotatable bonds is 6. The summed E-state index contributed by atoms with van der Waals surface area (Å²) in [6.07, 6.45) is 5.39. The Morgan fingerprint density at radius 1 is 1.08 bits per heavy atom. The maximum absolute atomic E-state index is 15.4. The topological polar surface area (TPSA) is 82.5 Å². The molecule has 2 aromatic heterocycles. The molecule has 1 saturated heterocycles. The Balaban J connectivity index is 1.29. The summed E-state index contributed by atoms with van der Waals surface area (Å²) >= 11 is 0. The fourth-order valence-corrected chi connectivity index (χ4v) is 5.24. The van der Waals surface area contributed by atoms with E-state index in [1.807, 2.05) is 12.1 Å². The lowest BCUT2D eigenvalue weighted by Gasteiger charge is -2.31. The van der Waals surface area contributed by atoms with Crippen molar-refractivity contribution < 1.29 is 14.0 Å². The van der Waals surface area contributed by atoms with Gasteiger partial charge in [-0.3, -0.25) is 9.36 Å². The van der Waals surface area contributed by atoms with Gasteiger partial charge < -0.3 is 20.4 Å². The number of nitrogens with one attached hydrogen (secondary N) is 2. The molecule has 0 radical (unpaired) electrons. The molecular weight excluding hydrogens is 495 g/mol. The minimum absolute atomic E-state index is 0.252.